The monoisotopic (exact) mass is 1370 g/mol. The number of pyridine rings is 1. The first kappa shape index (κ1) is 68.5. The largest absolute Gasteiger partial charge is 0.493 e. The van der Waals surface area contributed by atoms with Gasteiger partial charge in [0, 0.05) is 85.9 Å². The lowest BCUT2D eigenvalue weighted by atomic mass is 9.39. The highest BCUT2D eigenvalue weighted by Gasteiger charge is 2.67. The molecule has 4 unspecified atom stereocenters. The summed E-state index contributed by atoms with van der Waals surface area (Å²) in [4.78, 5) is 115. The van der Waals surface area contributed by atoms with Crippen LogP contribution in [0, 0.1) is 29.1 Å². The fourth-order valence-electron chi connectivity index (χ4n) is 16.3. The summed E-state index contributed by atoms with van der Waals surface area (Å²) < 4.78 is 32.9. The average molecular weight is 1370 g/mol. The number of imide groups is 1. The van der Waals surface area contributed by atoms with Crippen molar-refractivity contribution >= 4 is 80.1 Å². The molecule has 4 aliphatic carbocycles. The number of aliphatic carboxylic acids is 1. The zero-order valence-corrected chi connectivity index (χ0v) is 55.5. The minimum Gasteiger partial charge on any atom is -0.493 e. The first-order valence-corrected chi connectivity index (χ1v) is 33.3. The van der Waals surface area contributed by atoms with Crippen molar-refractivity contribution in [3.63, 3.8) is 0 Å². The average Bonchev–Trinajstić information content (AvgIpc) is 0.743. The van der Waals surface area contributed by atoms with Gasteiger partial charge in [-0.25, -0.2) is 24.4 Å². The Kier molecular flexibility index (Phi) is 19.2. The number of aromatic nitrogens is 4. The second kappa shape index (κ2) is 27.5. The Morgan fingerprint density at radius 1 is 0.847 bits per heavy atom. The van der Waals surface area contributed by atoms with Crippen LogP contribution in [-0.4, -0.2) is 180 Å². The van der Waals surface area contributed by atoms with Crippen LogP contribution in [0.15, 0.2) is 91.1 Å². The number of fused-ring (bicyclic) bond motifs is 2. The molecule has 0 radical (unpaired) electrons. The molecule has 7 aliphatic rings. The highest BCUT2D eigenvalue weighted by atomic mass is 32.1. The molecule has 98 heavy (non-hydrogen) atoms. The number of aromatic carboxylic acids is 1. The van der Waals surface area contributed by atoms with Crippen LogP contribution in [-0.2, 0) is 64.3 Å². The van der Waals surface area contributed by atoms with Crippen molar-refractivity contribution in [1.82, 2.24) is 40.6 Å². The molecule has 9 N–H and O–H groups in total. The molecule has 6 amide bonds. The number of nitrogens with one attached hydrogen (secondary N) is 4. The Bertz CT molecular complexity index is 4110. The smallest absolute Gasteiger partial charge is 0.407 e. The number of para-hydroxylation sites is 1. The number of ether oxygens (including phenoxy) is 5. The Morgan fingerprint density at radius 3 is 2.33 bits per heavy atom. The van der Waals surface area contributed by atoms with Crippen molar-refractivity contribution in [1.29, 1.82) is 0 Å². The van der Waals surface area contributed by atoms with Gasteiger partial charge in [-0.15, -0.1) is 0 Å². The molecule has 28 nitrogen and oxygen atoms in total. The number of aliphatic hydroxyl groups excluding tert-OH is 3. The second-order valence-corrected chi connectivity index (χ2v) is 28.4. The Balaban J connectivity index is 0.697. The zero-order valence-electron chi connectivity index (χ0n) is 54.7. The van der Waals surface area contributed by atoms with Gasteiger partial charge in [-0.05, 0) is 135 Å². The maximum Gasteiger partial charge on any atom is 0.407 e. The van der Waals surface area contributed by atoms with Crippen molar-refractivity contribution in [2.75, 3.05) is 50.1 Å². The normalized spacial score (nSPS) is 25.9. The van der Waals surface area contributed by atoms with Gasteiger partial charge in [-0.3, -0.25) is 38.9 Å². The molecule has 5 fully saturated rings. The lowest BCUT2D eigenvalue weighted by Crippen LogP contribution is -2.65. The van der Waals surface area contributed by atoms with Gasteiger partial charge in [0.1, 0.15) is 48.8 Å². The van der Waals surface area contributed by atoms with Crippen LogP contribution < -0.4 is 35.6 Å². The van der Waals surface area contributed by atoms with E-state index in [1.807, 2.05) is 65.9 Å². The summed E-state index contributed by atoms with van der Waals surface area (Å²) in [5.74, 6) is -5.70. The number of carbonyl (C=O) groups is 8. The maximum atomic E-state index is 13.8. The standard InChI is InChI=1S/C69H78N10O18S/c1-37-44(42-16-17-50(75-54(42)61(88)89)77-22-20-39-10-8-11-43(46(39)27-77)60(87)76-64-74-47-12-6-7-13-49(47)98-64)26-73-79(37)36-68-31-66(3)30-67(4,32-68)34-69(33-66,35-68)97-38(2)45(59(86)70-5)25-72-65(92)94-29-40-14-15-41(95-63-57(85)55(83)56(84)58(96-63)62(90)91)24-48(40)93-23-9-21-71-51(80)28-78-52(81)18-19-53(78)82/h6-8,10-19,24,26,38,45,55-58,63,83-85H,9,20-23,25,27-36H2,1-5H3,(H,70,86)(H,71,80)(H,72,92)(H,88,89)(H,90,91)(H,74,76,87)/t38?,45?,55-,56-,57+,58-,63+,66?,67?,68?,69?/m0/s1. The van der Waals surface area contributed by atoms with E-state index in [4.69, 9.17) is 33.8 Å². The second-order valence-electron chi connectivity index (χ2n) is 27.4. The minimum absolute atomic E-state index is 0.0524. The molecule has 3 aromatic carbocycles. The molecule has 1 saturated heterocycles. The highest BCUT2D eigenvalue weighted by molar-refractivity contribution is 7.22. The van der Waals surface area contributed by atoms with E-state index in [0.717, 1.165) is 76.2 Å². The van der Waals surface area contributed by atoms with Crippen LogP contribution in [0.1, 0.15) is 109 Å². The van der Waals surface area contributed by atoms with Crippen LogP contribution in [0.2, 0.25) is 0 Å². The fourth-order valence-corrected chi connectivity index (χ4v) is 17.2. The number of benzene rings is 3. The molecule has 9 atom stereocenters. The number of nitrogens with zero attached hydrogens (tertiary/aromatic N) is 6. The fraction of sp³-hybridized carbons (Fsp3) is 0.464. The van der Waals surface area contributed by atoms with Crippen LogP contribution in [0.25, 0.3) is 21.3 Å². The van der Waals surface area contributed by atoms with E-state index in [9.17, 15) is 63.9 Å². The number of amides is 6. The summed E-state index contributed by atoms with van der Waals surface area (Å²) in [6.07, 6.45) is -1.55. The van der Waals surface area contributed by atoms with Gasteiger partial charge in [0.25, 0.3) is 17.7 Å². The summed E-state index contributed by atoms with van der Waals surface area (Å²) in [6.45, 7) is 8.71. The molecule has 3 aliphatic heterocycles. The first-order valence-electron chi connectivity index (χ1n) is 32.5. The van der Waals surface area contributed by atoms with Gasteiger partial charge < -0.3 is 70.1 Å². The predicted molar refractivity (Wildman–Crippen MR) is 352 cm³/mol. The third-order valence-electron chi connectivity index (χ3n) is 19.6. The van der Waals surface area contributed by atoms with Gasteiger partial charge >= 0.3 is 18.0 Å². The Hall–Kier alpha value is -9.39. The molecule has 518 valence electrons. The van der Waals surface area contributed by atoms with E-state index >= 15 is 0 Å². The van der Waals surface area contributed by atoms with Crippen molar-refractivity contribution in [2.24, 2.45) is 22.2 Å². The van der Waals surface area contributed by atoms with Crippen LogP contribution in [0.4, 0.5) is 15.7 Å². The number of carboxylic acids is 2. The number of thiazole rings is 1. The topological polar surface area (TPSA) is 382 Å². The van der Waals surface area contributed by atoms with Crippen molar-refractivity contribution in [3.8, 4) is 22.6 Å². The minimum atomic E-state index is -1.97. The lowest BCUT2D eigenvalue weighted by Gasteiger charge is -2.69. The van der Waals surface area contributed by atoms with E-state index in [0.29, 0.717) is 60.1 Å². The predicted octanol–water partition coefficient (Wildman–Crippen LogP) is 5.27. The van der Waals surface area contributed by atoms with Crippen LogP contribution >= 0.6 is 11.3 Å². The summed E-state index contributed by atoms with van der Waals surface area (Å²) in [6, 6.07) is 21.1. The van der Waals surface area contributed by atoms with Crippen molar-refractivity contribution < 1.29 is 87.6 Å². The number of alkyl carbamates (subject to hydrolysis) is 1. The molecular formula is C69H78N10O18S. The van der Waals surface area contributed by atoms with E-state index in [1.54, 1.807) is 18.3 Å². The van der Waals surface area contributed by atoms with E-state index < -0.39 is 97.2 Å². The number of hydrogen-bond acceptors (Lipinski definition) is 21. The molecule has 13 rings (SSSR count). The van der Waals surface area contributed by atoms with Gasteiger partial charge in [0.15, 0.2) is 16.9 Å². The summed E-state index contributed by atoms with van der Waals surface area (Å²) in [5.41, 5.74) is 3.93. The molecule has 6 aromatic rings. The number of anilines is 2. The first-order chi connectivity index (χ1) is 46.7. The quantitative estimate of drug-likeness (QED) is 0.0260. The van der Waals surface area contributed by atoms with E-state index in [1.165, 1.54) is 36.6 Å². The molecule has 4 saturated carbocycles. The van der Waals surface area contributed by atoms with Gasteiger partial charge in [0.05, 0.1) is 40.6 Å². The molecule has 0 spiro atoms. The SMILES string of the molecule is CNC(=O)C(CNC(=O)OCc1ccc(O[C@@H]2O[C@H](C(=O)O)[C@@H](O)[C@H](O)[C@H]2O)cc1OCCCNC(=O)CN1C(=O)C=CC1=O)C(C)OC12CC3(C)CC(C)(CC(Cn4ncc(-c5ccc(N6CCc7cccc(C(=O)Nc8nc9ccccc9s8)c7C6)nc5C(=O)O)c4C)(C3)C1)C2. The lowest BCUT2D eigenvalue weighted by molar-refractivity contribution is -0.271. The summed E-state index contributed by atoms with van der Waals surface area (Å²) in [7, 11) is 1.50. The van der Waals surface area contributed by atoms with Crippen molar-refractivity contribution in [3.05, 3.63) is 125 Å². The number of carbonyl (C=O) groups excluding carboxylic acids is 6. The van der Waals surface area contributed by atoms with E-state index in [-0.39, 0.29) is 76.9 Å². The molecule has 6 heterocycles. The Morgan fingerprint density at radius 2 is 1.60 bits per heavy atom. The number of aliphatic hydroxyl groups is 3. The van der Waals surface area contributed by atoms with Gasteiger partial charge in [0.2, 0.25) is 18.1 Å². The molecular weight excluding hydrogens is 1290 g/mol. The Labute approximate surface area is 566 Å². The number of rotatable bonds is 25. The maximum absolute atomic E-state index is 13.8. The molecule has 3 aromatic heterocycles. The van der Waals surface area contributed by atoms with Crippen molar-refractivity contribution in [2.45, 2.75) is 141 Å². The third kappa shape index (κ3) is 14.3. The van der Waals surface area contributed by atoms with Gasteiger partial charge in [-0.1, -0.05) is 49.4 Å². The zero-order chi connectivity index (χ0) is 69.6. The number of hydrogen-bond donors (Lipinski definition) is 9. The molecule has 29 heteroatoms. The highest BCUT2D eigenvalue weighted by Crippen LogP contribution is 2.72. The molecule has 4 bridgehead atoms. The summed E-state index contributed by atoms with van der Waals surface area (Å²) in [5, 5.41) is 68.1. The third-order valence-corrected chi connectivity index (χ3v) is 20.5. The van der Waals surface area contributed by atoms with Crippen LogP contribution in [0.3, 0.4) is 0 Å². The van der Waals surface area contributed by atoms with E-state index in [2.05, 4.69) is 40.1 Å². The summed E-state index contributed by atoms with van der Waals surface area (Å²) >= 11 is 1.40. The van der Waals surface area contributed by atoms with Gasteiger partial charge in [-0.2, -0.15) is 5.10 Å². The number of carboxylic acid groups (broad SMARTS) is 2. The van der Waals surface area contributed by atoms with Crippen LogP contribution in [0.5, 0.6) is 11.5 Å².